The molecule has 0 unspecified atom stereocenters. The van der Waals surface area contributed by atoms with E-state index in [1.165, 1.54) is 29.0 Å². The van der Waals surface area contributed by atoms with Crippen molar-refractivity contribution >= 4 is 35.1 Å². The first-order valence-corrected chi connectivity index (χ1v) is 13.0. The van der Waals surface area contributed by atoms with E-state index >= 15 is 4.39 Å². The quantitative estimate of drug-likeness (QED) is 0.349. The van der Waals surface area contributed by atoms with E-state index in [4.69, 9.17) is 16.3 Å². The third-order valence-electron chi connectivity index (χ3n) is 6.43. The topological polar surface area (TPSA) is 73.8 Å². The molecule has 0 aliphatic carbocycles. The number of aromatic nitrogens is 2. The lowest BCUT2D eigenvalue weighted by atomic mass is 10.1. The number of anilines is 3. The Balaban J connectivity index is 1.66. The van der Waals surface area contributed by atoms with Crippen LogP contribution in [0.4, 0.5) is 26.6 Å². The molecule has 3 rings (SSSR count). The van der Waals surface area contributed by atoms with E-state index in [1.807, 2.05) is 6.92 Å². The van der Waals surface area contributed by atoms with Gasteiger partial charge in [-0.3, -0.25) is 14.7 Å². The van der Waals surface area contributed by atoms with Crippen LogP contribution in [0.25, 0.3) is 0 Å². The Morgan fingerprint density at radius 2 is 1.92 bits per heavy atom. The van der Waals surface area contributed by atoms with Crippen molar-refractivity contribution in [2.45, 2.75) is 72.5 Å². The van der Waals surface area contributed by atoms with Crippen LogP contribution in [0.2, 0.25) is 5.02 Å². The second-order valence-corrected chi connectivity index (χ2v) is 9.89. The van der Waals surface area contributed by atoms with Gasteiger partial charge >= 0.3 is 6.03 Å². The van der Waals surface area contributed by atoms with Gasteiger partial charge in [0.15, 0.2) is 11.6 Å². The highest BCUT2D eigenvalue weighted by Crippen LogP contribution is 2.39. The number of ether oxygens (including phenoxy) is 1. The van der Waals surface area contributed by atoms with Crippen molar-refractivity contribution in [3.8, 4) is 5.75 Å². The van der Waals surface area contributed by atoms with Crippen molar-refractivity contribution in [3.05, 3.63) is 34.7 Å². The SMILES string of the molecule is CCN1C(=O)N(c2c(Cl)ccc(OC)c2F)Cc2cnc(NCCCCCN(C(C)C)C(C)C)nc21. The fourth-order valence-corrected chi connectivity index (χ4v) is 4.85. The zero-order chi connectivity index (χ0) is 26.4. The molecular formula is C26H38ClFN6O2. The lowest BCUT2D eigenvalue weighted by Gasteiger charge is -2.36. The summed E-state index contributed by atoms with van der Waals surface area (Å²) in [6.45, 7) is 13.1. The first kappa shape index (κ1) is 27.9. The summed E-state index contributed by atoms with van der Waals surface area (Å²) in [5, 5.41) is 3.41. The number of hydrogen-bond donors (Lipinski definition) is 1. The molecule has 0 bridgehead atoms. The van der Waals surface area contributed by atoms with Crippen molar-refractivity contribution in [3.63, 3.8) is 0 Å². The average molecular weight is 521 g/mol. The van der Waals surface area contributed by atoms with Crippen LogP contribution in [0.3, 0.4) is 0 Å². The minimum Gasteiger partial charge on any atom is -0.494 e. The van der Waals surface area contributed by atoms with Gasteiger partial charge in [0.25, 0.3) is 0 Å². The van der Waals surface area contributed by atoms with Gasteiger partial charge in [-0.15, -0.1) is 0 Å². The van der Waals surface area contributed by atoms with Gasteiger partial charge in [0.1, 0.15) is 11.5 Å². The molecule has 1 aromatic heterocycles. The number of amides is 2. The second-order valence-electron chi connectivity index (χ2n) is 9.48. The zero-order valence-electron chi connectivity index (χ0n) is 22.1. The molecule has 2 amide bonds. The minimum atomic E-state index is -0.679. The summed E-state index contributed by atoms with van der Waals surface area (Å²) in [6, 6.07) is 3.65. The molecule has 36 heavy (non-hydrogen) atoms. The highest BCUT2D eigenvalue weighted by Gasteiger charge is 2.35. The Labute approximate surface area is 218 Å². The Morgan fingerprint density at radius 3 is 2.56 bits per heavy atom. The molecule has 0 saturated carbocycles. The van der Waals surface area contributed by atoms with Crippen molar-refractivity contribution < 1.29 is 13.9 Å². The van der Waals surface area contributed by atoms with Crippen molar-refractivity contribution in [2.75, 3.05) is 41.9 Å². The van der Waals surface area contributed by atoms with Crippen LogP contribution in [-0.2, 0) is 6.54 Å². The summed E-state index contributed by atoms with van der Waals surface area (Å²) in [4.78, 5) is 27.7. The number of hydrogen-bond acceptors (Lipinski definition) is 6. The maximum absolute atomic E-state index is 15.0. The fraction of sp³-hybridized carbons (Fsp3) is 0.577. The van der Waals surface area contributed by atoms with Crippen molar-refractivity contribution in [1.29, 1.82) is 0 Å². The number of rotatable bonds is 12. The van der Waals surface area contributed by atoms with E-state index in [1.54, 1.807) is 6.20 Å². The summed E-state index contributed by atoms with van der Waals surface area (Å²) in [6.07, 6.45) is 4.93. The van der Waals surface area contributed by atoms with E-state index in [9.17, 15) is 4.79 Å². The maximum Gasteiger partial charge on any atom is 0.330 e. The lowest BCUT2D eigenvalue weighted by molar-refractivity contribution is 0.171. The number of fused-ring (bicyclic) bond motifs is 1. The molecule has 1 aliphatic heterocycles. The molecule has 0 atom stereocenters. The third-order valence-corrected chi connectivity index (χ3v) is 6.73. The largest absolute Gasteiger partial charge is 0.494 e. The highest BCUT2D eigenvalue weighted by molar-refractivity contribution is 6.34. The predicted octanol–water partition coefficient (Wildman–Crippen LogP) is 5.95. The van der Waals surface area contributed by atoms with Gasteiger partial charge in [0.05, 0.1) is 18.7 Å². The van der Waals surface area contributed by atoms with Gasteiger partial charge in [-0.1, -0.05) is 18.0 Å². The van der Waals surface area contributed by atoms with Gasteiger partial charge in [-0.25, -0.2) is 14.2 Å². The fourth-order valence-electron chi connectivity index (χ4n) is 4.60. The van der Waals surface area contributed by atoms with Crippen LogP contribution in [0, 0.1) is 5.82 Å². The van der Waals surface area contributed by atoms with Crippen LogP contribution in [-0.4, -0.2) is 59.7 Å². The number of benzene rings is 1. The van der Waals surface area contributed by atoms with Gasteiger partial charge in [0.2, 0.25) is 5.95 Å². The summed E-state index contributed by atoms with van der Waals surface area (Å²) in [7, 11) is 1.37. The number of unbranched alkanes of at least 4 members (excludes halogenated alkanes) is 2. The monoisotopic (exact) mass is 520 g/mol. The van der Waals surface area contributed by atoms with E-state index in [0.717, 1.165) is 32.4 Å². The minimum absolute atomic E-state index is 0.0131. The van der Waals surface area contributed by atoms with Gasteiger partial charge in [-0.05, 0) is 66.1 Å². The molecule has 0 radical (unpaired) electrons. The number of nitrogens with zero attached hydrogens (tertiary/aromatic N) is 5. The average Bonchev–Trinajstić information content (AvgIpc) is 2.83. The normalized spacial score (nSPS) is 13.7. The molecule has 0 spiro atoms. The number of carbonyl (C=O) groups is 1. The molecule has 0 fully saturated rings. The number of carbonyl (C=O) groups excluding carboxylic acids is 1. The molecule has 0 saturated heterocycles. The Bertz CT molecular complexity index is 1040. The van der Waals surface area contributed by atoms with Crippen LogP contribution >= 0.6 is 11.6 Å². The van der Waals surface area contributed by atoms with Crippen LogP contribution < -0.4 is 19.9 Å². The molecule has 8 nitrogen and oxygen atoms in total. The van der Waals surface area contributed by atoms with Crippen molar-refractivity contribution in [2.24, 2.45) is 0 Å². The lowest BCUT2D eigenvalue weighted by Crippen LogP contribution is -2.48. The van der Waals surface area contributed by atoms with E-state index in [2.05, 4.69) is 47.9 Å². The first-order valence-electron chi connectivity index (χ1n) is 12.7. The number of nitrogens with one attached hydrogen (secondary N) is 1. The molecule has 10 heteroatoms. The van der Waals surface area contributed by atoms with E-state index in [0.29, 0.717) is 36.0 Å². The first-order chi connectivity index (χ1) is 17.2. The van der Waals surface area contributed by atoms with E-state index < -0.39 is 11.8 Å². The van der Waals surface area contributed by atoms with Crippen LogP contribution in [0.1, 0.15) is 59.4 Å². The van der Waals surface area contributed by atoms with Gasteiger partial charge < -0.3 is 10.1 Å². The summed E-state index contributed by atoms with van der Waals surface area (Å²) in [5.74, 6) is 0.347. The molecule has 1 aromatic carbocycles. The van der Waals surface area contributed by atoms with Crippen LogP contribution in [0.5, 0.6) is 5.75 Å². The molecule has 2 heterocycles. The standard InChI is InChI=1S/C26H38ClFN6O2/c1-7-32-24-19(16-34(26(32)35)23-20(27)11-12-21(36-6)22(23)28)15-30-25(31-24)29-13-9-8-10-14-33(17(2)3)18(4)5/h11-12,15,17-18H,7-10,13-14,16H2,1-6H3,(H,29,30,31). The number of halogens is 2. The smallest absolute Gasteiger partial charge is 0.330 e. The second kappa shape index (κ2) is 12.5. The summed E-state index contributed by atoms with van der Waals surface area (Å²) < 4.78 is 20.1. The van der Waals surface area contributed by atoms with Crippen molar-refractivity contribution in [1.82, 2.24) is 14.9 Å². The Kier molecular flexibility index (Phi) is 9.73. The zero-order valence-corrected chi connectivity index (χ0v) is 22.9. The molecular weight excluding hydrogens is 483 g/mol. The highest BCUT2D eigenvalue weighted by atomic mass is 35.5. The van der Waals surface area contributed by atoms with Gasteiger partial charge in [-0.2, -0.15) is 4.98 Å². The maximum atomic E-state index is 15.0. The Morgan fingerprint density at radius 1 is 1.19 bits per heavy atom. The molecule has 198 valence electrons. The van der Waals surface area contributed by atoms with E-state index in [-0.39, 0.29) is 23.0 Å². The predicted molar refractivity (Wildman–Crippen MR) is 144 cm³/mol. The number of urea groups is 1. The molecule has 1 aliphatic rings. The number of methoxy groups -OCH3 is 1. The summed E-state index contributed by atoms with van der Waals surface area (Å²) in [5.41, 5.74) is 0.698. The molecule has 2 aromatic rings. The third kappa shape index (κ3) is 6.18. The van der Waals surface area contributed by atoms with Crippen LogP contribution in [0.15, 0.2) is 18.3 Å². The summed E-state index contributed by atoms with van der Waals surface area (Å²) >= 11 is 6.29. The van der Waals surface area contributed by atoms with Gasteiger partial charge in [0, 0.05) is 36.9 Å². The Hall–Kier alpha value is -2.65. The molecule has 1 N–H and O–H groups in total.